The Labute approximate surface area is 182 Å². The van der Waals surface area contributed by atoms with Crippen LogP contribution in [0.15, 0.2) is 77.7 Å². The number of carboxylic acid groups (broad SMARTS) is 1. The summed E-state index contributed by atoms with van der Waals surface area (Å²) in [6.45, 7) is 1.84. The Morgan fingerprint density at radius 2 is 1.81 bits per heavy atom. The van der Waals surface area contributed by atoms with Crippen LogP contribution >= 0.6 is 0 Å². The fraction of sp³-hybridized carbons (Fsp3) is 0.0769. The van der Waals surface area contributed by atoms with Gasteiger partial charge in [-0.3, -0.25) is 4.79 Å². The summed E-state index contributed by atoms with van der Waals surface area (Å²) in [7, 11) is 0. The zero-order valence-electron chi connectivity index (χ0n) is 17.2. The number of halogens is 1. The Morgan fingerprint density at radius 1 is 1.03 bits per heavy atom. The number of hydrogen-bond donors (Lipinski definition) is 2. The maximum Gasteiger partial charge on any atom is 0.353 e. The second kappa shape index (κ2) is 7.50. The topological polar surface area (TPSA) is 75.1 Å². The minimum atomic E-state index is -1.18. The number of nitrogens with one attached hydrogen (secondary N) is 1. The van der Waals surface area contributed by atoms with Crippen LogP contribution in [-0.2, 0) is 6.54 Å². The van der Waals surface area contributed by atoms with Crippen molar-refractivity contribution in [3.63, 3.8) is 0 Å². The van der Waals surface area contributed by atoms with E-state index in [1.807, 2.05) is 42.5 Å². The third-order valence-corrected chi connectivity index (χ3v) is 5.84. The molecule has 0 amide bonds. The highest BCUT2D eigenvalue weighted by atomic mass is 19.1. The first-order valence-electron chi connectivity index (χ1n) is 10.2. The molecule has 0 atom stereocenters. The maximum absolute atomic E-state index is 14.6. The molecule has 0 saturated carbocycles. The Morgan fingerprint density at radius 3 is 2.59 bits per heavy atom. The molecule has 0 aliphatic heterocycles. The average Bonchev–Trinajstić information content (AvgIpc) is 3.08. The lowest BCUT2D eigenvalue weighted by Gasteiger charge is -2.12. The summed E-state index contributed by atoms with van der Waals surface area (Å²) < 4.78 is 16.2. The molecule has 2 N–H and O–H groups in total. The van der Waals surface area contributed by atoms with Crippen molar-refractivity contribution in [2.24, 2.45) is 0 Å². The smallest absolute Gasteiger partial charge is 0.353 e. The number of aromatic carboxylic acids is 1. The molecule has 2 aromatic heterocycles. The third kappa shape index (κ3) is 3.08. The summed E-state index contributed by atoms with van der Waals surface area (Å²) in [6.07, 6.45) is 1.49. The molecule has 2 heterocycles. The monoisotopic (exact) mass is 426 g/mol. The SMILES string of the molecule is Cc1cc2c(-c3ccc[nH]c3=O)c(C(=O)O)n(Cc3cccc4ccccc34)c2cc1F. The van der Waals surface area contributed by atoms with E-state index in [2.05, 4.69) is 4.98 Å². The van der Waals surface area contributed by atoms with Gasteiger partial charge in [-0.15, -0.1) is 0 Å². The van der Waals surface area contributed by atoms with Gasteiger partial charge in [-0.2, -0.15) is 0 Å². The zero-order chi connectivity index (χ0) is 22.4. The molecule has 32 heavy (non-hydrogen) atoms. The summed E-state index contributed by atoms with van der Waals surface area (Å²) in [5.74, 6) is -1.61. The van der Waals surface area contributed by atoms with E-state index in [-0.39, 0.29) is 23.4 Å². The summed E-state index contributed by atoms with van der Waals surface area (Å²) in [6, 6.07) is 19.9. The highest BCUT2D eigenvalue weighted by Crippen LogP contribution is 2.36. The summed E-state index contributed by atoms with van der Waals surface area (Å²) in [5, 5.41) is 12.7. The van der Waals surface area contributed by atoms with E-state index in [0.717, 1.165) is 16.3 Å². The quantitative estimate of drug-likeness (QED) is 0.407. The largest absolute Gasteiger partial charge is 0.477 e. The van der Waals surface area contributed by atoms with Crippen molar-refractivity contribution in [2.45, 2.75) is 13.5 Å². The van der Waals surface area contributed by atoms with Crippen molar-refractivity contribution >= 4 is 27.6 Å². The average molecular weight is 426 g/mol. The van der Waals surface area contributed by atoms with E-state index >= 15 is 0 Å². The first kappa shape index (κ1) is 19.8. The number of hydrogen-bond acceptors (Lipinski definition) is 2. The van der Waals surface area contributed by atoms with Crippen LogP contribution in [0.25, 0.3) is 32.8 Å². The van der Waals surface area contributed by atoms with Crippen LogP contribution < -0.4 is 5.56 Å². The number of benzene rings is 3. The van der Waals surface area contributed by atoms with Gasteiger partial charge in [0.05, 0.1) is 5.52 Å². The van der Waals surface area contributed by atoms with E-state index in [0.29, 0.717) is 16.5 Å². The summed E-state index contributed by atoms with van der Waals surface area (Å²) >= 11 is 0. The molecule has 0 unspecified atom stereocenters. The molecule has 5 rings (SSSR count). The van der Waals surface area contributed by atoms with Gasteiger partial charge in [0.25, 0.3) is 5.56 Å². The highest BCUT2D eigenvalue weighted by molar-refractivity contribution is 6.08. The Kier molecular flexibility index (Phi) is 4.63. The number of H-pyrrole nitrogens is 1. The minimum absolute atomic E-state index is 0.0466. The number of aromatic nitrogens is 2. The normalized spacial score (nSPS) is 11.3. The lowest BCUT2D eigenvalue weighted by molar-refractivity contribution is 0.0687. The van der Waals surface area contributed by atoms with E-state index < -0.39 is 17.3 Å². The molecule has 5 aromatic rings. The first-order chi connectivity index (χ1) is 15.5. The molecule has 0 radical (unpaired) electrons. The van der Waals surface area contributed by atoms with Crippen LogP contribution in [0, 0.1) is 12.7 Å². The predicted molar refractivity (Wildman–Crippen MR) is 123 cm³/mol. The van der Waals surface area contributed by atoms with Crippen molar-refractivity contribution in [3.05, 3.63) is 106 Å². The molecule has 0 bridgehead atoms. The van der Waals surface area contributed by atoms with E-state index in [9.17, 15) is 19.1 Å². The number of fused-ring (bicyclic) bond motifs is 2. The number of aromatic amines is 1. The van der Waals surface area contributed by atoms with Gasteiger partial charge >= 0.3 is 5.97 Å². The molecular formula is C26H19FN2O3. The molecule has 0 spiro atoms. The van der Waals surface area contributed by atoms with Crippen LogP contribution in [0.2, 0.25) is 0 Å². The molecule has 6 heteroatoms. The van der Waals surface area contributed by atoms with Gasteiger partial charge in [-0.05, 0) is 53.1 Å². The van der Waals surface area contributed by atoms with Crippen molar-refractivity contribution in [1.29, 1.82) is 0 Å². The lowest BCUT2D eigenvalue weighted by atomic mass is 10.0. The zero-order valence-corrected chi connectivity index (χ0v) is 17.2. The van der Waals surface area contributed by atoms with Crippen LogP contribution in [0.3, 0.4) is 0 Å². The third-order valence-electron chi connectivity index (χ3n) is 5.84. The number of aryl methyl sites for hydroxylation is 1. The molecule has 158 valence electrons. The van der Waals surface area contributed by atoms with Gasteiger partial charge in [0.1, 0.15) is 11.5 Å². The van der Waals surface area contributed by atoms with Crippen molar-refractivity contribution in [3.8, 4) is 11.1 Å². The van der Waals surface area contributed by atoms with E-state index in [1.54, 1.807) is 29.7 Å². The van der Waals surface area contributed by atoms with Crippen LogP contribution in [0.5, 0.6) is 0 Å². The summed E-state index contributed by atoms with van der Waals surface area (Å²) in [5.41, 5.74) is 1.78. The molecule has 5 nitrogen and oxygen atoms in total. The van der Waals surface area contributed by atoms with E-state index in [4.69, 9.17) is 0 Å². The second-order valence-electron chi connectivity index (χ2n) is 7.78. The van der Waals surface area contributed by atoms with Gasteiger partial charge in [0.15, 0.2) is 0 Å². The molecule has 0 aliphatic carbocycles. The van der Waals surface area contributed by atoms with Gasteiger partial charge in [-0.25, -0.2) is 9.18 Å². The van der Waals surface area contributed by atoms with Crippen molar-refractivity contribution < 1.29 is 14.3 Å². The van der Waals surface area contributed by atoms with Crippen molar-refractivity contribution in [1.82, 2.24) is 9.55 Å². The van der Waals surface area contributed by atoms with Gasteiger partial charge in [0, 0.05) is 29.3 Å². The molecule has 3 aromatic carbocycles. The Bertz CT molecular complexity index is 1570. The standard InChI is InChI=1S/C26H19FN2O3/c1-15-12-20-22(13-21(15)27)29(14-17-8-4-7-16-6-2-3-9-18(16)17)24(26(31)32)23(20)19-10-5-11-28-25(19)30/h2-13H,14H2,1H3,(H,28,30)(H,31,32). The predicted octanol–water partition coefficient (Wildman–Crippen LogP) is 5.34. The van der Waals surface area contributed by atoms with Gasteiger partial charge in [0.2, 0.25) is 0 Å². The van der Waals surface area contributed by atoms with Gasteiger partial charge < -0.3 is 14.7 Å². The molecule has 0 fully saturated rings. The number of rotatable bonds is 4. The summed E-state index contributed by atoms with van der Waals surface area (Å²) in [4.78, 5) is 27.7. The van der Waals surface area contributed by atoms with Crippen LogP contribution in [-0.4, -0.2) is 20.6 Å². The van der Waals surface area contributed by atoms with E-state index in [1.165, 1.54) is 12.3 Å². The number of nitrogens with zero attached hydrogens (tertiary/aromatic N) is 1. The maximum atomic E-state index is 14.6. The first-order valence-corrected chi connectivity index (χ1v) is 10.2. The van der Waals surface area contributed by atoms with Crippen LogP contribution in [0.4, 0.5) is 4.39 Å². The van der Waals surface area contributed by atoms with Crippen LogP contribution in [0.1, 0.15) is 21.6 Å². The highest BCUT2D eigenvalue weighted by Gasteiger charge is 2.26. The minimum Gasteiger partial charge on any atom is -0.477 e. The van der Waals surface area contributed by atoms with Crippen molar-refractivity contribution in [2.75, 3.05) is 0 Å². The molecular weight excluding hydrogens is 407 g/mol. The number of carbonyl (C=O) groups is 1. The second-order valence-corrected chi connectivity index (χ2v) is 7.78. The number of carboxylic acids is 1. The fourth-order valence-corrected chi connectivity index (χ4v) is 4.36. The number of pyridine rings is 1. The Hall–Kier alpha value is -4.19. The Balaban J connectivity index is 1.87. The lowest BCUT2D eigenvalue weighted by Crippen LogP contribution is -2.13. The molecule has 0 aliphatic rings. The molecule has 0 saturated heterocycles. The fourth-order valence-electron chi connectivity index (χ4n) is 4.36. The van der Waals surface area contributed by atoms with Gasteiger partial charge in [-0.1, -0.05) is 42.5 Å².